The Bertz CT molecular complexity index is 1740. The van der Waals surface area contributed by atoms with Crippen LogP contribution in [0.15, 0.2) is 67.0 Å². The highest BCUT2D eigenvalue weighted by molar-refractivity contribution is 6.05. The van der Waals surface area contributed by atoms with E-state index in [0.29, 0.717) is 54.9 Å². The fourth-order valence-corrected chi connectivity index (χ4v) is 4.96. The van der Waals surface area contributed by atoms with Gasteiger partial charge in [-0.1, -0.05) is 12.1 Å². The Morgan fingerprint density at radius 1 is 0.936 bits per heavy atom. The summed E-state index contributed by atoms with van der Waals surface area (Å²) in [7, 11) is 0. The zero-order valence-corrected chi connectivity index (χ0v) is 26.2. The van der Waals surface area contributed by atoms with E-state index in [2.05, 4.69) is 35.8 Å². The van der Waals surface area contributed by atoms with E-state index in [4.69, 9.17) is 4.74 Å². The lowest BCUT2D eigenvalue weighted by molar-refractivity contribution is -0.137. The number of hydrogen-bond donors (Lipinski definition) is 3. The molecule has 2 aromatic carbocycles. The van der Waals surface area contributed by atoms with E-state index >= 15 is 0 Å². The van der Waals surface area contributed by atoms with Crippen LogP contribution in [0.3, 0.4) is 0 Å². The molecule has 0 bridgehead atoms. The highest BCUT2D eigenvalue weighted by Crippen LogP contribution is 2.30. The molecular weight excluding hydrogens is 613 g/mol. The van der Waals surface area contributed by atoms with Crippen molar-refractivity contribution in [3.63, 3.8) is 0 Å². The van der Waals surface area contributed by atoms with Crippen molar-refractivity contribution in [2.45, 2.75) is 26.9 Å². The Kier molecular flexibility index (Phi) is 10.3. The van der Waals surface area contributed by atoms with Crippen molar-refractivity contribution in [3.05, 3.63) is 95.1 Å². The van der Waals surface area contributed by atoms with Crippen LogP contribution in [0.1, 0.15) is 32.9 Å². The maximum atomic E-state index is 13.9. The van der Waals surface area contributed by atoms with Gasteiger partial charge in [0.05, 0.1) is 30.2 Å². The minimum absolute atomic E-state index is 0.148. The minimum atomic E-state index is -4.58. The van der Waals surface area contributed by atoms with Gasteiger partial charge in [0.2, 0.25) is 0 Å². The van der Waals surface area contributed by atoms with E-state index in [0.717, 1.165) is 42.3 Å². The number of nitrogens with zero attached hydrogens (tertiary/aromatic N) is 5. The van der Waals surface area contributed by atoms with Crippen LogP contribution in [0.4, 0.5) is 46.7 Å². The standard InChI is InChI=1S/C33H35F3N8O3/c1-21-7-9-26(40-31(45)24-5-4-6-25(17-24)33(34,35)36)18-28(21)42-32(46)44(12-11-43-13-15-47-16-14-43)30-19-29(37-20-38-30)41-27-10-8-22(2)39-23(27)3/h4-10,17-20H,11-16H2,1-3H3,(H,40,45)(H,42,46)(H,37,38,41). The number of ether oxygens (including phenoxy) is 1. The van der Waals surface area contributed by atoms with Crippen LogP contribution in [-0.2, 0) is 10.9 Å². The molecule has 1 aliphatic heterocycles. The molecule has 4 aromatic rings. The average Bonchev–Trinajstić information content (AvgIpc) is 3.04. The number of aryl methyl sites for hydroxylation is 3. The fourth-order valence-electron chi connectivity index (χ4n) is 4.96. The molecule has 246 valence electrons. The Labute approximate surface area is 270 Å². The van der Waals surface area contributed by atoms with Gasteiger partial charge >= 0.3 is 12.2 Å². The molecule has 14 heteroatoms. The van der Waals surface area contributed by atoms with Gasteiger partial charge in [0, 0.05) is 54.9 Å². The van der Waals surface area contributed by atoms with Crippen LogP contribution >= 0.6 is 0 Å². The van der Waals surface area contributed by atoms with Crippen molar-refractivity contribution in [1.82, 2.24) is 19.9 Å². The summed E-state index contributed by atoms with van der Waals surface area (Å²) in [6, 6.07) is 14.0. The number of aromatic nitrogens is 3. The number of amides is 3. The normalized spacial score (nSPS) is 13.6. The summed E-state index contributed by atoms with van der Waals surface area (Å²) in [6.45, 7) is 9.14. The summed E-state index contributed by atoms with van der Waals surface area (Å²) in [6.07, 6.45) is -3.21. The molecule has 0 spiro atoms. The van der Waals surface area contributed by atoms with Gasteiger partial charge in [-0.2, -0.15) is 13.2 Å². The SMILES string of the molecule is Cc1ccc(Nc2cc(N(CCN3CCOCC3)C(=O)Nc3cc(NC(=O)c4cccc(C(F)(F)F)c4)ccc3C)ncn2)c(C)n1. The average molecular weight is 649 g/mol. The van der Waals surface area contributed by atoms with Gasteiger partial charge in [0.15, 0.2) is 0 Å². The quantitative estimate of drug-likeness (QED) is 0.197. The molecule has 3 heterocycles. The molecule has 1 aliphatic rings. The number of pyridine rings is 1. The van der Waals surface area contributed by atoms with Crippen molar-refractivity contribution in [3.8, 4) is 0 Å². The molecular formula is C33H35F3N8O3. The zero-order chi connectivity index (χ0) is 33.6. The highest BCUT2D eigenvalue weighted by atomic mass is 19.4. The zero-order valence-electron chi connectivity index (χ0n) is 26.2. The largest absolute Gasteiger partial charge is 0.416 e. The maximum absolute atomic E-state index is 13.9. The molecule has 0 radical (unpaired) electrons. The third-order valence-corrected chi connectivity index (χ3v) is 7.59. The second-order valence-electron chi connectivity index (χ2n) is 11.1. The lowest BCUT2D eigenvalue weighted by Crippen LogP contribution is -2.44. The van der Waals surface area contributed by atoms with Gasteiger partial charge in [0.1, 0.15) is 18.0 Å². The number of urea groups is 1. The number of carbonyl (C=O) groups excluding carboxylic acids is 2. The number of benzene rings is 2. The van der Waals surface area contributed by atoms with E-state index in [1.54, 1.807) is 31.2 Å². The predicted molar refractivity (Wildman–Crippen MR) is 173 cm³/mol. The van der Waals surface area contributed by atoms with Crippen molar-refractivity contribution in [2.24, 2.45) is 0 Å². The van der Waals surface area contributed by atoms with Gasteiger partial charge in [0.25, 0.3) is 5.91 Å². The molecule has 3 N–H and O–H groups in total. The monoisotopic (exact) mass is 648 g/mol. The molecule has 0 unspecified atom stereocenters. The summed E-state index contributed by atoms with van der Waals surface area (Å²) < 4.78 is 45.0. The topological polar surface area (TPSA) is 125 Å². The Hall–Kier alpha value is -5.08. The molecule has 3 amide bonds. The van der Waals surface area contributed by atoms with Gasteiger partial charge in [-0.25, -0.2) is 14.8 Å². The van der Waals surface area contributed by atoms with Crippen molar-refractivity contribution >= 4 is 40.6 Å². The van der Waals surface area contributed by atoms with Gasteiger partial charge < -0.3 is 20.7 Å². The van der Waals surface area contributed by atoms with Crippen LogP contribution in [0.25, 0.3) is 0 Å². The first-order valence-corrected chi connectivity index (χ1v) is 15.0. The van der Waals surface area contributed by atoms with Gasteiger partial charge in [-0.3, -0.25) is 19.6 Å². The van der Waals surface area contributed by atoms with E-state index in [-0.39, 0.29) is 5.56 Å². The second-order valence-corrected chi connectivity index (χ2v) is 11.1. The molecule has 47 heavy (non-hydrogen) atoms. The first kappa shape index (κ1) is 33.3. The summed E-state index contributed by atoms with van der Waals surface area (Å²) in [5, 5.41) is 8.79. The first-order valence-electron chi connectivity index (χ1n) is 15.0. The van der Waals surface area contributed by atoms with E-state index in [1.807, 2.05) is 26.0 Å². The molecule has 5 rings (SSSR count). The molecule has 1 saturated heterocycles. The molecule has 0 atom stereocenters. The Morgan fingerprint density at radius 3 is 2.47 bits per heavy atom. The van der Waals surface area contributed by atoms with Gasteiger partial charge in [-0.15, -0.1) is 0 Å². The number of alkyl halides is 3. The third-order valence-electron chi connectivity index (χ3n) is 7.59. The summed E-state index contributed by atoms with van der Waals surface area (Å²) in [5.41, 5.74) is 2.78. The van der Waals surface area contributed by atoms with E-state index in [1.165, 1.54) is 23.4 Å². The van der Waals surface area contributed by atoms with Crippen LogP contribution in [-0.4, -0.2) is 71.2 Å². The minimum Gasteiger partial charge on any atom is -0.379 e. The Morgan fingerprint density at radius 2 is 1.72 bits per heavy atom. The third kappa shape index (κ3) is 8.80. The molecule has 0 aliphatic carbocycles. The highest BCUT2D eigenvalue weighted by Gasteiger charge is 2.31. The number of morpholine rings is 1. The van der Waals surface area contributed by atoms with Gasteiger partial charge in [-0.05, 0) is 68.8 Å². The van der Waals surface area contributed by atoms with E-state index < -0.39 is 23.7 Å². The Balaban J connectivity index is 1.36. The predicted octanol–water partition coefficient (Wildman–Crippen LogP) is 6.18. The lowest BCUT2D eigenvalue weighted by Gasteiger charge is -2.30. The summed E-state index contributed by atoms with van der Waals surface area (Å²) in [5.74, 6) is 0.116. The number of nitrogens with one attached hydrogen (secondary N) is 3. The lowest BCUT2D eigenvalue weighted by atomic mass is 10.1. The fraction of sp³-hybridized carbons (Fsp3) is 0.303. The first-order chi connectivity index (χ1) is 22.5. The molecule has 0 saturated carbocycles. The van der Waals surface area contributed by atoms with E-state index in [9.17, 15) is 22.8 Å². The smallest absolute Gasteiger partial charge is 0.379 e. The molecule has 1 fully saturated rings. The van der Waals surface area contributed by atoms with Crippen LogP contribution < -0.4 is 20.9 Å². The van der Waals surface area contributed by atoms with Crippen LogP contribution in [0.5, 0.6) is 0 Å². The number of hydrogen-bond acceptors (Lipinski definition) is 8. The van der Waals surface area contributed by atoms with Crippen molar-refractivity contribution < 1.29 is 27.5 Å². The van der Waals surface area contributed by atoms with Crippen molar-refractivity contribution in [2.75, 3.05) is 60.2 Å². The molecule has 2 aromatic heterocycles. The van der Waals surface area contributed by atoms with Crippen LogP contribution in [0, 0.1) is 20.8 Å². The van der Waals surface area contributed by atoms with Crippen molar-refractivity contribution in [1.29, 1.82) is 0 Å². The number of halogens is 3. The molecule has 11 nitrogen and oxygen atoms in total. The summed E-state index contributed by atoms with van der Waals surface area (Å²) >= 11 is 0. The van der Waals surface area contributed by atoms with Crippen LogP contribution in [0.2, 0.25) is 0 Å². The second kappa shape index (κ2) is 14.6. The number of carbonyl (C=O) groups is 2. The summed E-state index contributed by atoms with van der Waals surface area (Å²) in [4.78, 5) is 43.6. The number of anilines is 5. The number of rotatable bonds is 9. The maximum Gasteiger partial charge on any atom is 0.416 e.